The van der Waals surface area contributed by atoms with Crippen LogP contribution in [0.25, 0.3) is 0 Å². The van der Waals surface area contributed by atoms with Gasteiger partial charge in [-0.15, -0.1) is 11.6 Å². The normalized spacial score (nSPS) is 10.6. The molecule has 0 atom stereocenters. The molecule has 0 saturated heterocycles. The molecule has 0 saturated carbocycles. The lowest BCUT2D eigenvalue weighted by atomic mass is 10.2. The van der Waals surface area contributed by atoms with E-state index in [4.69, 9.17) is 25.8 Å². The molecule has 1 aromatic carbocycles. The predicted octanol–water partition coefficient (Wildman–Crippen LogP) is 3.62. The van der Waals surface area contributed by atoms with Crippen LogP contribution < -0.4 is 4.74 Å². The Kier molecular flexibility index (Phi) is 8.42. The van der Waals surface area contributed by atoms with Crippen LogP contribution in [0.2, 0.25) is 0 Å². The largest absolute Gasteiger partial charge is 0.490 e. The summed E-state index contributed by atoms with van der Waals surface area (Å²) in [4.78, 5) is 0. The third-order valence-corrected chi connectivity index (χ3v) is 3.22. The molecule has 1 aromatic rings. The highest BCUT2D eigenvalue weighted by molar-refractivity contribution is 9.10. The average Bonchev–Trinajstić information content (AvgIpc) is 2.39. The van der Waals surface area contributed by atoms with E-state index >= 15 is 0 Å². The molecule has 3 nitrogen and oxygen atoms in total. The van der Waals surface area contributed by atoms with Gasteiger partial charge in [0, 0.05) is 25.9 Å². The maximum Gasteiger partial charge on any atom is 0.137 e. The van der Waals surface area contributed by atoms with E-state index < -0.39 is 0 Å². The van der Waals surface area contributed by atoms with Crippen LogP contribution in [0.5, 0.6) is 5.75 Å². The average molecular weight is 338 g/mol. The molecule has 0 N–H and O–H groups in total. The number of hydrogen-bond donors (Lipinski definition) is 0. The summed E-state index contributed by atoms with van der Waals surface area (Å²) < 4.78 is 16.9. The standard InChI is InChI=1S/C13H18BrClO3/c1-16-6-3-7-17-8-9-18-13-11(10-15)4-2-5-12(13)14/h2,4-5H,3,6-10H2,1H3. The van der Waals surface area contributed by atoms with Crippen molar-refractivity contribution in [3.63, 3.8) is 0 Å². The SMILES string of the molecule is COCCCOCCOc1c(Br)cccc1CCl. The fourth-order valence-corrected chi connectivity index (χ4v) is 2.16. The minimum absolute atomic E-state index is 0.434. The lowest BCUT2D eigenvalue weighted by Gasteiger charge is -2.12. The van der Waals surface area contributed by atoms with Gasteiger partial charge in [-0.3, -0.25) is 0 Å². The number of hydrogen-bond acceptors (Lipinski definition) is 3. The maximum atomic E-state index is 5.86. The van der Waals surface area contributed by atoms with Gasteiger partial charge in [0.2, 0.25) is 0 Å². The zero-order valence-corrected chi connectivity index (χ0v) is 12.8. The van der Waals surface area contributed by atoms with E-state index in [1.54, 1.807) is 7.11 Å². The van der Waals surface area contributed by atoms with Gasteiger partial charge in [-0.25, -0.2) is 0 Å². The van der Waals surface area contributed by atoms with E-state index in [-0.39, 0.29) is 0 Å². The number of halogens is 2. The minimum Gasteiger partial charge on any atom is -0.490 e. The summed E-state index contributed by atoms with van der Waals surface area (Å²) in [5.41, 5.74) is 0.977. The molecule has 0 aliphatic carbocycles. The topological polar surface area (TPSA) is 27.7 Å². The maximum absolute atomic E-state index is 5.86. The van der Waals surface area contributed by atoms with Crippen LogP contribution in [-0.4, -0.2) is 33.5 Å². The quantitative estimate of drug-likeness (QED) is 0.509. The third-order valence-electron chi connectivity index (χ3n) is 2.30. The molecule has 0 spiro atoms. The second-order valence-corrected chi connectivity index (χ2v) is 4.79. The first-order chi connectivity index (χ1) is 8.79. The Balaban J connectivity index is 2.26. The van der Waals surface area contributed by atoms with E-state index in [9.17, 15) is 0 Å². The Morgan fingerprint density at radius 2 is 2.00 bits per heavy atom. The number of ether oxygens (including phenoxy) is 3. The van der Waals surface area contributed by atoms with Gasteiger partial charge >= 0.3 is 0 Å². The van der Waals surface area contributed by atoms with Crippen molar-refractivity contribution in [2.45, 2.75) is 12.3 Å². The third kappa shape index (κ3) is 5.57. The molecule has 18 heavy (non-hydrogen) atoms. The molecule has 0 aliphatic heterocycles. The zero-order valence-electron chi connectivity index (χ0n) is 10.5. The molecule has 0 radical (unpaired) electrons. The smallest absolute Gasteiger partial charge is 0.137 e. The van der Waals surface area contributed by atoms with E-state index in [1.807, 2.05) is 18.2 Å². The van der Waals surface area contributed by atoms with Crippen molar-refractivity contribution in [3.05, 3.63) is 28.2 Å². The summed E-state index contributed by atoms with van der Waals surface area (Å²) in [6, 6.07) is 5.83. The first-order valence-electron chi connectivity index (χ1n) is 5.82. The number of alkyl halides is 1. The van der Waals surface area contributed by atoms with E-state index in [0.717, 1.165) is 28.8 Å². The van der Waals surface area contributed by atoms with Crippen LogP contribution in [-0.2, 0) is 15.4 Å². The lowest BCUT2D eigenvalue weighted by Crippen LogP contribution is -2.09. The molecular formula is C13H18BrClO3. The van der Waals surface area contributed by atoms with Gasteiger partial charge in [0.05, 0.1) is 17.0 Å². The van der Waals surface area contributed by atoms with Crippen molar-refractivity contribution < 1.29 is 14.2 Å². The first kappa shape index (κ1) is 15.8. The Morgan fingerprint density at radius 1 is 1.17 bits per heavy atom. The Bertz CT molecular complexity index is 347. The highest BCUT2D eigenvalue weighted by Gasteiger charge is 2.06. The second-order valence-electron chi connectivity index (χ2n) is 3.67. The van der Waals surface area contributed by atoms with Crippen molar-refractivity contribution in [2.24, 2.45) is 0 Å². The van der Waals surface area contributed by atoms with Gasteiger partial charge < -0.3 is 14.2 Å². The molecule has 0 bridgehead atoms. The molecule has 0 fully saturated rings. The highest BCUT2D eigenvalue weighted by atomic mass is 79.9. The van der Waals surface area contributed by atoms with Gasteiger partial charge in [-0.2, -0.15) is 0 Å². The Morgan fingerprint density at radius 3 is 2.72 bits per heavy atom. The van der Waals surface area contributed by atoms with Gasteiger partial charge in [-0.05, 0) is 28.4 Å². The van der Waals surface area contributed by atoms with Gasteiger partial charge in [0.15, 0.2) is 0 Å². The van der Waals surface area contributed by atoms with Crippen LogP contribution >= 0.6 is 27.5 Å². The van der Waals surface area contributed by atoms with Crippen LogP contribution in [0.15, 0.2) is 22.7 Å². The molecule has 0 aliphatic rings. The molecule has 0 unspecified atom stereocenters. The Labute approximate surface area is 121 Å². The van der Waals surface area contributed by atoms with Crippen molar-refractivity contribution in [2.75, 3.05) is 33.5 Å². The first-order valence-corrected chi connectivity index (χ1v) is 7.15. The number of benzene rings is 1. The van der Waals surface area contributed by atoms with Crippen molar-refractivity contribution in [3.8, 4) is 5.75 Å². The minimum atomic E-state index is 0.434. The van der Waals surface area contributed by atoms with E-state index in [1.165, 1.54) is 0 Å². The summed E-state index contributed by atoms with van der Waals surface area (Å²) in [5, 5.41) is 0. The molecule has 0 amide bonds. The fraction of sp³-hybridized carbons (Fsp3) is 0.538. The summed E-state index contributed by atoms with van der Waals surface area (Å²) in [7, 11) is 1.68. The van der Waals surface area contributed by atoms with Crippen molar-refractivity contribution in [1.82, 2.24) is 0 Å². The number of rotatable bonds is 9. The van der Waals surface area contributed by atoms with Crippen molar-refractivity contribution in [1.29, 1.82) is 0 Å². The van der Waals surface area contributed by atoms with Gasteiger partial charge in [0.1, 0.15) is 12.4 Å². The summed E-state index contributed by atoms with van der Waals surface area (Å²) in [6.07, 6.45) is 0.901. The fourth-order valence-electron chi connectivity index (χ4n) is 1.43. The molecule has 102 valence electrons. The molecule has 0 heterocycles. The number of methoxy groups -OCH3 is 1. The molecule has 1 rings (SSSR count). The van der Waals surface area contributed by atoms with Crippen LogP contribution in [0, 0.1) is 0 Å². The van der Waals surface area contributed by atoms with Crippen LogP contribution in [0.1, 0.15) is 12.0 Å². The molecule has 0 aromatic heterocycles. The van der Waals surface area contributed by atoms with Crippen molar-refractivity contribution >= 4 is 27.5 Å². The Hall–Kier alpha value is -0.290. The van der Waals surface area contributed by atoms with E-state index in [0.29, 0.717) is 25.7 Å². The van der Waals surface area contributed by atoms with E-state index in [2.05, 4.69) is 15.9 Å². The zero-order chi connectivity index (χ0) is 13.2. The summed E-state index contributed by atoms with van der Waals surface area (Å²) in [5.74, 6) is 1.23. The van der Waals surface area contributed by atoms with Crippen LogP contribution in [0.4, 0.5) is 0 Å². The summed E-state index contributed by atoms with van der Waals surface area (Å²) in [6.45, 7) is 2.49. The molecular weight excluding hydrogens is 319 g/mol. The highest BCUT2D eigenvalue weighted by Crippen LogP contribution is 2.29. The van der Waals surface area contributed by atoms with Gasteiger partial charge in [-0.1, -0.05) is 12.1 Å². The second kappa shape index (κ2) is 9.62. The monoisotopic (exact) mass is 336 g/mol. The van der Waals surface area contributed by atoms with Gasteiger partial charge in [0.25, 0.3) is 0 Å². The van der Waals surface area contributed by atoms with Crippen LogP contribution in [0.3, 0.4) is 0 Å². The predicted molar refractivity (Wildman–Crippen MR) is 76.5 cm³/mol. The summed E-state index contributed by atoms with van der Waals surface area (Å²) >= 11 is 9.31. The number of para-hydroxylation sites is 1. The molecule has 5 heteroatoms. The lowest BCUT2D eigenvalue weighted by molar-refractivity contribution is 0.0803.